The summed E-state index contributed by atoms with van der Waals surface area (Å²) in [7, 11) is 1.26. The van der Waals surface area contributed by atoms with Crippen molar-refractivity contribution in [3.05, 3.63) is 93.9 Å². The molecule has 7 nitrogen and oxygen atoms in total. The number of benzene rings is 3. The lowest BCUT2D eigenvalue weighted by molar-refractivity contribution is 0.0696. The Balaban J connectivity index is 2.01. The normalized spacial score (nSPS) is 10.9. The number of hydrogen-bond donors (Lipinski definition) is 1. The van der Waals surface area contributed by atoms with Crippen molar-refractivity contribution < 1.29 is 28.2 Å². The van der Waals surface area contributed by atoms with E-state index < -0.39 is 34.8 Å². The number of aromatic nitrogens is 2. The molecule has 31 heavy (non-hydrogen) atoms. The second-order valence-corrected chi connectivity index (χ2v) is 6.54. The standard InChI is InChI=1S/C22H14F2N2O5/c1-31-18-8-4-5-13(23)19(18)20(27)26-17-7-3-2-6-16(17)25(22(26)30)15-10-9-12(21(28)29)11-14(15)24/h2-11H,1H3,(H,28,29). The van der Waals surface area contributed by atoms with E-state index in [0.29, 0.717) is 0 Å². The van der Waals surface area contributed by atoms with Crippen LogP contribution < -0.4 is 10.4 Å². The number of carbonyl (C=O) groups is 2. The molecule has 4 rings (SSSR count). The van der Waals surface area contributed by atoms with Gasteiger partial charge in [0.05, 0.1) is 29.4 Å². The van der Waals surface area contributed by atoms with Gasteiger partial charge in [-0.2, -0.15) is 0 Å². The molecule has 0 spiro atoms. The van der Waals surface area contributed by atoms with Gasteiger partial charge in [0.25, 0.3) is 5.91 Å². The SMILES string of the molecule is COc1cccc(F)c1C(=O)n1c(=O)n(-c2ccc(C(=O)O)cc2F)c2ccccc21. The number of methoxy groups -OCH3 is 1. The maximum Gasteiger partial charge on any atom is 0.340 e. The first-order chi connectivity index (χ1) is 14.8. The number of imidazole rings is 1. The maximum atomic E-state index is 14.7. The van der Waals surface area contributed by atoms with Crippen molar-refractivity contribution >= 4 is 22.9 Å². The van der Waals surface area contributed by atoms with Crippen LogP contribution >= 0.6 is 0 Å². The molecule has 3 aromatic carbocycles. The van der Waals surface area contributed by atoms with Crippen molar-refractivity contribution in [3.8, 4) is 11.4 Å². The van der Waals surface area contributed by atoms with Crippen molar-refractivity contribution in [1.29, 1.82) is 0 Å². The van der Waals surface area contributed by atoms with Crippen molar-refractivity contribution in [2.24, 2.45) is 0 Å². The molecule has 0 atom stereocenters. The number of carbonyl (C=O) groups excluding carboxylic acids is 1. The lowest BCUT2D eigenvalue weighted by atomic mass is 10.1. The first-order valence-electron chi connectivity index (χ1n) is 8.98. The van der Waals surface area contributed by atoms with Gasteiger partial charge in [0.15, 0.2) is 0 Å². The van der Waals surface area contributed by atoms with E-state index in [1.165, 1.54) is 31.4 Å². The number of fused-ring (bicyclic) bond motifs is 1. The lowest BCUT2D eigenvalue weighted by Gasteiger charge is -2.09. The Kier molecular flexibility index (Phi) is 4.86. The van der Waals surface area contributed by atoms with Crippen LogP contribution in [0.1, 0.15) is 20.7 Å². The molecule has 1 N–H and O–H groups in total. The molecule has 0 fully saturated rings. The quantitative estimate of drug-likeness (QED) is 0.542. The van der Waals surface area contributed by atoms with E-state index in [1.54, 1.807) is 12.1 Å². The maximum absolute atomic E-state index is 14.7. The second kappa shape index (κ2) is 7.52. The van der Waals surface area contributed by atoms with Crippen LogP contribution in [0.3, 0.4) is 0 Å². The Morgan fingerprint density at radius 3 is 2.29 bits per heavy atom. The minimum absolute atomic E-state index is 0.0641. The molecule has 0 saturated carbocycles. The number of rotatable bonds is 4. The molecule has 1 heterocycles. The molecule has 9 heteroatoms. The third-order valence-electron chi connectivity index (χ3n) is 4.79. The third kappa shape index (κ3) is 3.16. The number of para-hydroxylation sites is 2. The summed E-state index contributed by atoms with van der Waals surface area (Å²) in [6.07, 6.45) is 0. The topological polar surface area (TPSA) is 90.5 Å². The predicted octanol–water partition coefficient (Wildman–Crippen LogP) is 3.47. The molecule has 1 aromatic heterocycles. The molecule has 0 radical (unpaired) electrons. The number of nitrogens with zero attached hydrogens (tertiary/aromatic N) is 2. The zero-order valence-electron chi connectivity index (χ0n) is 16.0. The zero-order valence-corrected chi connectivity index (χ0v) is 16.0. The average molecular weight is 424 g/mol. The highest BCUT2D eigenvalue weighted by molar-refractivity contribution is 6.03. The number of halogens is 2. The van der Waals surface area contributed by atoms with Gasteiger partial charge in [-0.25, -0.2) is 22.9 Å². The Bertz CT molecular complexity index is 1420. The molecular weight excluding hydrogens is 410 g/mol. The Labute approximate surface area is 173 Å². The predicted molar refractivity (Wildman–Crippen MR) is 107 cm³/mol. The fraction of sp³-hybridized carbons (Fsp3) is 0.0455. The highest BCUT2D eigenvalue weighted by Gasteiger charge is 2.26. The van der Waals surface area contributed by atoms with Crippen molar-refractivity contribution in [1.82, 2.24) is 9.13 Å². The Morgan fingerprint density at radius 2 is 1.65 bits per heavy atom. The fourth-order valence-corrected chi connectivity index (χ4v) is 3.39. The highest BCUT2D eigenvalue weighted by atomic mass is 19.1. The van der Waals surface area contributed by atoms with Gasteiger partial charge in [-0.3, -0.25) is 9.36 Å². The van der Waals surface area contributed by atoms with E-state index in [2.05, 4.69) is 0 Å². The van der Waals surface area contributed by atoms with Gasteiger partial charge in [0.2, 0.25) is 0 Å². The molecule has 0 saturated heterocycles. The summed E-state index contributed by atoms with van der Waals surface area (Å²) < 4.78 is 35.9. The van der Waals surface area contributed by atoms with Gasteiger partial charge in [-0.15, -0.1) is 0 Å². The van der Waals surface area contributed by atoms with E-state index in [0.717, 1.165) is 33.4 Å². The number of hydrogen-bond acceptors (Lipinski definition) is 4. The van der Waals surface area contributed by atoms with Gasteiger partial charge in [-0.05, 0) is 42.5 Å². The molecule has 0 unspecified atom stereocenters. The zero-order chi connectivity index (χ0) is 22.3. The lowest BCUT2D eigenvalue weighted by Crippen LogP contribution is -2.30. The largest absolute Gasteiger partial charge is 0.496 e. The summed E-state index contributed by atoms with van der Waals surface area (Å²) in [4.78, 5) is 37.5. The van der Waals surface area contributed by atoms with Crippen LogP contribution in [0.15, 0.2) is 65.5 Å². The molecular formula is C22H14F2N2O5. The Hall–Kier alpha value is -4.27. The van der Waals surface area contributed by atoms with Crippen LogP contribution in [0.5, 0.6) is 5.75 Å². The van der Waals surface area contributed by atoms with Crippen molar-refractivity contribution in [2.45, 2.75) is 0 Å². The second-order valence-electron chi connectivity index (χ2n) is 6.54. The van der Waals surface area contributed by atoms with Crippen LogP contribution in [-0.2, 0) is 0 Å². The van der Waals surface area contributed by atoms with Crippen LogP contribution in [0, 0.1) is 11.6 Å². The van der Waals surface area contributed by atoms with Gasteiger partial charge >= 0.3 is 11.7 Å². The minimum Gasteiger partial charge on any atom is -0.496 e. The van der Waals surface area contributed by atoms with E-state index in [1.807, 2.05) is 0 Å². The number of carboxylic acid groups (broad SMARTS) is 1. The third-order valence-corrected chi connectivity index (χ3v) is 4.79. The van der Waals surface area contributed by atoms with Crippen LogP contribution in [-0.4, -0.2) is 33.2 Å². The molecule has 156 valence electrons. The number of aromatic carboxylic acids is 1. The number of carboxylic acids is 1. The molecule has 0 aliphatic heterocycles. The van der Waals surface area contributed by atoms with E-state index in [9.17, 15) is 23.2 Å². The Morgan fingerprint density at radius 1 is 0.935 bits per heavy atom. The summed E-state index contributed by atoms with van der Waals surface area (Å²) >= 11 is 0. The van der Waals surface area contributed by atoms with Crippen molar-refractivity contribution in [2.75, 3.05) is 7.11 Å². The summed E-state index contributed by atoms with van der Waals surface area (Å²) in [6.45, 7) is 0. The highest BCUT2D eigenvalue weighted by Crippen LogP contribution is 2.25. The summed E-state index contributed by atoms with van der Waals surface area (Å²) in [5.41, 5.74) is -1.65. The van der Waals surface area contributed by atoms with Crippen LogP contribution in [0.4, 0.5) is 8.78 Å². The molecule has 4 aromatic rings. The van der Waals surface area contributed by atoms with Crippen molar-refractivity contribution in [3.63, 3.8) is 0 Å². The summed E-state index contributed by atoms with van der Waals surface area (Å²) in [6, 6.07) is 12.9. The molecule has 0 aliphatic carbocycles. The summed E-state index contributed by atoms with van der Waals surface area (Å²) in [5, 5.41) is 9.04. The molecule has 0 aliphatic rings. The van der Waals surface area contributed by atoms with E-state index in [-0.39, 0.29) is 28.0 Å². The smallest absolute Gasteiger partial charge is 0.340 e. The minimum atomic E-state index is -1.33. The van der Waals surface area contributed by atoms with Gasteiger partial charge in [0.1, 0.15) is 22.9 Å². The first kappa shape index (κ1) is 20.0. The average Bonchev–Trinajstić information content (AvgIpc) is 3.04. The van der Waals surface area contributed by atoms with E-state index >= 15 is 0 Å². The summed E-state index contributed by atoms with van der Waals surface area (Å²) in [5.74, 6) is -4.24. The van der Waals surface area contributed by atoms with Crippen LogP contribution in [0.25, 0.3) is 16.7 Å². The van der Waals surface area contributed by atoms with Gasteiger partial charge in [-0.1, -0.05) is 18.2 Å². The monoisotopic (exact) mass is 424 g/mol. The molecule has 0 amide bonds. The first-order valence-corrected chi connectivity index (χ1v) is 8.98. The van der Waals surface area contributed by atoms with E-state index in [4.69, 9.17) is 9.84 Å². The fourth-order valence-electron chi connectivity index (χ4n) is 3.39. The molecule has 0 bridgehead atoms. The van der Waals surface area contributed by atoms with Gasteiger partial charge < -0.3 is 9.84 Å². The van der Waals surface area contributed by atoms with Crippen LogP contribution in [0.2, 0.25) is 0 Å². The van der Waals surface area contributed by atoms with Gasteiger partial charge in [0, 0.05) is 0 Å². The number of ether oxygens (including phenoxy) is 1.